The summed E-state index contributed by atoms with van der Waals surface area (Å²) in [6.45, 7) is 1.24. The topological polar surface area (TPSA) is 49.8 Å². The summed E-state index contributed by atoms with van der Waals surface area (Å²) in [6.07, 6.45) is 0.893. The number of carbonyl (C=O) groups excluding carboxylic acids is 1. The van der Waals surface area contributed by atoms with E-state index < -0.39 is 5.41 Å². The molecule has 1 aromatic rings. The molecule has 2 aliphatic heterocycles. The van der Waals surface area contributed by atoms with E-state index >= 15 is 0 Å². The average molecular weight is 233 g/mol. The highest BCUT2D eigenvalue weighted by molar-refractivity contribution is 6.00. The molecule has 4 nitrogen and oxygen atoms in total. The Balaban J connectivity index is 1.89. The van der Waals surface area contributed by atoms with Gasteiger partial charge in [-0.2, -0.15) is 0 Å². The van der Waals surface area contributed by atoms with Crippen molar-refractivity contribution in [2.75, 3.05) is 31.3 Å². The third-order valence-electron chi connectivity index (χ3n) is 3.65. The number of rotatable bonds is 2. The fourth-order valence-electron chi connectivity index (χ4n) is 2.47. The van der Waals surface area contributed by atoms with Gasteiger partial charge in [0.15, 0.2) is 0 Å². The predicted octanol–water partition coefficient (Wildman–Crippen LogP) is 0.585. The molecule has 3 rings (SSSR count). The third kappa shape index (κ3) is 1.48. The van der Waals surface area contributed by atoms with Gasteiger partial charge in [-0.1, -0.05) is 18.2 Å². The number of benzene rings is 1. The summed E-state index contributed by atoms with van der Waals surface area (Å²) < 4.78 is 5.09. The van der Waals surface area contributed by atoms with Crippen LogP contribution in [0.3, 0.4) is 0 Å². The molecule has 17 heavy (non-hydrogen) atoms. The normalized spacial score (nSPS) is 20.9. The van der Waals surface area contributed by atoms with Crippen molar-refractivity contribution in [2.24, 2.45) is 5.41 Å². The van der Waals surface area contributed by atoms with Crippen LogP contribution in [0.2, 0.25) is 0 Å². The van der Waals surface area contributed by atoms with Gasteiger partial charge in [-0.15, -0.1) is 0 Å². The molecule has 1 amide bonds. The molecule has 1 saturated heterocycles. The van der Waals surface area contributed by atoms with Crippen molar-refractivity contribution >= 4 is 11.6 Å². The number of fused-ring (bicyclic) bond motifs is 1. The quantitative estimate of drug-likeness (QED) is 0.813. The Kier molecular flexibility index (Phi) is 2.42. The zero-order valence-electron chi connectivity index (χ0n) is 9.56. The van der Waals surface area contributed by atoms with Crippen molar-refractivity contribution in [3.63, 3.8) is 0 Å². The minimum absolute atomic E-state index is 0.00352. The molecule has 1 aromatic carbocycles. The summed E-state index contributed by atoms with van der Waals surface area (Å²) >= 11 is 0. The van der Waals surface area contributed by atoms with Crippen LogP contribution < -0.4 is 4.90 Å². The first-order valence-electron chi connectivity index (χ1n) is 5.85. The lowest BCUT2D eigenvalue weighted by molar-refractivity contribution is -0.167. The first kappa shape index (κ1) is 10.7. The van der Waals surface area contributed by atoms with Crippen LogP contribution in [0.4, 0.5) is 5.69 Å². The maximum atomic E-state index is 12.4. The second kappa shape index (κ2) is 3.82. The van der Waals surface area contributed by atoms with Gasteiger partial charge < -0.3 is 14.7 Å². The van der Waals surface area contributed by atoms with Crippen LogP contribution in [-0.2, 0) is 16.0 Å². The van der Waals surface area contributed by atoms with Gasteiger partial charge in [-0.3, -0.25) is 4.79 Å². The number of hydrogen-bond acceptors (Lipinski definition) is 3. The number of aliphatic hydroxyl groups excluding tert-OH is 1. The summed E-state index contributed by atoms with van der Waals surface area (Å²) in [5.41, 5.74) is 1.49. The van der Waals surface area contributed by atoms with E-state index in [0.29, 0.717) is 19.8 Å². The van der Waals surface area contributed by atoms with Gasteiger partial charge in [0.25, 0.3) is 0 Å². The Bertz CT molecular complexity index is 448. The minimum atomic E-state index is -0.697. The SMILES string of the molecule is O=C(N1CCc2ccccc21)C1(CO)COC1. The van der Waals surface area contributed by atoms with Crippen LogP contribution in [0.25, 0.3) is 0 Å². The molecule has 0 saturated carbocycles. The molecule has 0 atom stereocenters. The van der Waals surface area contributed by atoms with Gasteiger partial charge >= 0.3 is 0 Å². The van der Waals surface area contributed by atoms with Gasteiger partial charge in [0.2, 0.25) is 5.91 Å². The summed E-state index contributed by atoms with van der Waals surface area (Å²) in [6, 6.07) is 7.94. The first-order valence-corrected chi connectivity index (χ1v) is 5.85. The molecule has 90 valence electrons. The average Bonchev–Trinajstić information content (AvgIpc) is 2.71. The smallest absolute Gasteiger partial charge is 0.240 e. The van der Waals surface area contributed by atoms with E-state index in [1.165, 1.54) is 5.56 Å². The Labute approximate surface area is 99.8 Å². The molecule has 1 N–H and O–H groups in total. The molecule has 2 aliphatic rings. The standard InChI is InChI=1S/C13H15NO3/c15-7-13(8-17-9-13)12(16)14-6-5-10-3-1-2-4-11(10)14/h1-4,15H,5-9H2. The molecule has 0 aliphatic carbocycles. The molecule has 0 aromatic heterocycles. The molecule has 1 fully saturated rings. The van der Waals surface area contributed by atoms with Crippen LogP contribution in [-0.4, -0.2) is 37.4 Å². The summed E-state index contributed by atoms with van der Waals surface area (Å²) in [7, 11) is 0. The summed E-state index contributed by atoms with van der Waals surface area (Å²) in [5.74, 6) is -0.00352. The van der Waals surface area contributed by atoms with Gasteiger partial charge in [0.05, 0.1) is 19.8 Å². The van der Waals surface area contributed by atoms with Crippen molar-refractivity contribution in [3.8, 4) is 0 Å². The number of para-hydroxylation sites is 1. The van der Waals surface area contributed by atoms with Gasteiger partial charge in [0, 0.05) is 12.2 Å². The molecule has 0 unspecified atom stereocenters. The molecular formula is C13H15NO3. The highest BCUT2D eigenvalue weighted by Crippen LogP contribution is 2.35. The van der Waals surface area contributed by atoms with Crippen molar-refractivity contribution in [2.45, 2.75) is 6.42 Å². The Morgan fingerprint density at radius 3 is 2.82 bits per heavy atom. The lowest BCUT2D eigenvalue weighted by Crippen LogP contribution is -2.57. The van der Waals surface area contributed by atoms with E-state index in [1.807, 2.05) is 24.3 Å². The monoisotopic (exact) mass is 233 g/mol. The number of nitrogens with zero attached hydrogens (tertiary/aromatic N) is 1. The number of amides is 1. The third-order valence-corrected chi connectivity index (χ3v) is 3.65. The summed E-state index contributed by atoms with van der Waals surface area (Å²) in [5, 5.41) is 9.39. The molecular weight excluding hydrogens is 218 g/mol. The second-order valence-corrected chi connectivity index (χ2v) is 4.77. The highest BCUT2D eigenvalue weighted by Gasteiger charge is 2.48. The van der Waals surface area contributed by atoms with Crippen LogP contribution in [0, 0.1) is 5.41 Å². The number of hydrogen-bond donors (Lipinski definition) is 1. The van der Waals surface area contributed by atoms with E-state index in [4.69, 9.17) is 4.74 Å². The van der Waals surface area contributed by atoms with Crippen molar-refractivity contribution in [1.82, 2.24) is 0 Å². The Hall–Kier alpha value is -1.39. The zero-order valence-corrected chi connectivity index (χ0v) is 9.56. The molecule has 2 heterocycles. The van der Waals surface area contributed by atoms with E-state index in [2.05, 4.69) is 0 Å². The first-order chi connectivity index (χ1) is 8.27. The maximum Gasteiger partial charge on any atom is 0.240 e. The van der Waals surface area contributed by atoms with Crippen molar-refractivity contribution in [1.29, 1.82) is 0 Å². The minimum Gasteiger partial charge on any atom is -0.395 e. The summed E-state index contributed by atoms with van der Waals surface area (Å²) in [4.78, 5) is 14.2. The van der Waals surface area contributed by atoms with Gasteiger partial charge in [-0.25, -0.2) is 0 Å². The van der Waals surface area contributed by atoms with E-state index in [1.54, 1.807) is 4.90 Å². The lowest BCUT2D eigenvalue weighted by atomic mass is 9.85. The van der Waals surface area contributed by atoms with E-state index in [0.717, 1.165) is 12.1 Å². The zero-order chi connectivity index (χ0) is 11.9. The Morgan fingerprint density at radius 2 is 2.18 bits per heavy atom. The number of anilines is 1. The number of aliphatic hydroxyl groups is 1. The Morgan fingerprint density at radius 1 is 1.41 bits per heavy atom. The fraction of sp³-hybridized carbons (Fsp3) is 0.462. The number of ether oxygens (including phenoxy) is 1. The van der Waals surface area contributed by atoms with Crippen molar-refractivity contribution < 1.29 is 14.6 Å². The number of carbonyl (C=O) groups is 1. The second-order valence-electron chi connectivity index (χ2n) is 4.77. The lowest BCUT2D eigenvalue weighted by Gasteiger charge is -2.40. The molecule has 4 heteroatoms. The molecule has 0 radical (unpaired) electrons. The van der Waals surface area contributed by atoms with Gasteiger partial charge in [-0.05, 0) is 18.1 Å². The maximum absolute atomic E-state index is 12.4. The van der Waals surface area contributed by atoms with E-state index in [9.17, 15) is 9.90 Å². The molecule has 0 bridgehead atoms. The largest absolute Gasteiger partial charge is 0.395 e. The molecule has 0 spiro atoms. The van der Waals surface area contributed by atoms with Crippen molar-refractivity contribution in [3.05, 3.63) is 29.8 Å². The highest BCUT2D eigenvalue weighted by atomic mass is 16.5. The van der Waals surface area contributed by atoms with Crippen LogP contribution in [0.5, 0.6) is 0 Å². The van der Waals surface area contributed by atoms with Crippen LogP contribution in [0.1, 0.15) is 5.56 Å². The van der Waals surface area contributed by atoms with Crippen LogP contribution >= 0.6 is 0 Å². The van der Waals surface area contributed by atoms with Crippen LogP contribution in [0.15, 0.2) is 24.3 Å². The van der Waals surface area contributed by atoms with Gasteiger partial charge in [0.1, 0.15) is 5.41 Å². The fourth-order valence-corrected chi connectivity index (χ4v) is 2.47. The van der Waals surface area contributed by atoms with E-state index in [-0.39, 0.29) is 12.5 Å². The predicted molar refractivity (Wildman–Crippen MR) is 62.8 cm³/mol.